The van der Waals surface area contributed by atoms with Crippen LogP contribution in [-0.4, -0.2) is 0 Å². The molecule has 84 heavy (non-hydrogen) atoms. The lowest BCUT2D eigenvalue weighted by molar-refractivity contribution is 0.598. The largest absolute Gasteiger partial charge is 0.310 e. The minimum atomic E-state index is -0.357. The van der Waals surface area contributed by atoms with Gasteiger partial charge in [0.15, 0.2) is 0 Å². The number of hydrogen-bond donors (Lipinski definition) is 0. The van der Waals surface area contributed by atoms with E-state index < -0.39 is 0 Å². The Hall–Kier alpha value is -10.3. The maximum atomic E-state index is 2.63. The molecule has 2 aliphatic heterocycles. The lowest BCUT2D eigenvalue weighted by atomic mass is 9.65. The molecule has 0 aromatic heterocycles. The van der Waals surface area contributed by atoms with E-state index in [1.54, 1.807) is 0 Å². The van der Waals surface area contributed by atoms with Crippen molar-refractivity contribution in [3.05, 3.63) is 326 Å². The van der Waals surface area contributed by atoms with Gasteiger partial charge in [-0.25, -0.2) is 0 Å². The van der Waals surface area contributed by atoms with Gasteiger partial charge >= 0.3 is 0 Å². The summed E-state index contributed by atoms with van der Waals surface area (Å²) in [5.41, 5.74) is 28.5. The first-order valence-electron chi connectivity index (χ1n) is 29.4. The van der Waals surface area contributed by atoms with Gasteiger partial charge in [-0.05, 0) is 160 Å². The molecular weight excluding hydrogens is 1010 g/mol. The van der Waals surface area contributed by atoms with Gasteiger partial charge in [0.05, 0.1) is 22.7 Å². The molecule has 0 spiro atoms. The van der Waals surface area contributed by atoms with Gasteiger partial charge in [0, 0.05) is 27.6 Å². The molecule has 2 aliphatic rings. The van der Waals surface area contributed by atoms with Gasteiger partial charge in [-0.15, -0.1) is 0 Å². The molecule has 2 heterocycles. The third-order valence-electron chi connectivity index (χ3n) is 18.1. The number of rotatable bonds is 10. The standard InChI is InChI=1S/C82H62N2/c1-81(2)73-49-43-65(63-35-31-59(32-36-63)55-19-9-5-10-20-55)53-78(73)84-79-54-66(64-37-33-60(34-38-64)56-21-11-6-12-22-56)44-50-74(79)82(3,4)76-52-67(51-75(81)80(76)84)70-27-17-29-72-71(70)28-18-30-77(72)83(68-45-39-61(40-46-68)57-23-13-7-14-24-57)69-47-41-62(42-48-69)58-25-15-8-16-26-58/h5-54H,1-4H3. The van der Waals surface area contributed by atoms with Crippen molar-refractivity contribution in [3.8, 4) is 77.9 Å². The van der Waals surface area contributed by atoms with Crippen LogP contribution in [0, 0.1) is 0 Å². The lowest BCUT2D eigenvalue weighted by Gasteiger charge is -2.50. The van der Waals surface area contributed by atoms with Crippen molar-refractivity contribution in [2.45, 2.75) is 38.5 Å². The average molecular weight is 1080 g/mol. The van der Waals surface area contributed by atoms with E-state index in [2.05, 4.69) is 341 Å². The molecule has 13 aromatic carbocycles. The van der Waals surface area contributed by atoms with E-state index in [0.29, 0.717) is 0 Å². The Morgan fingerprint density at radius 1 is 0.250 bits per heavy atom. The van der Waals surface area contributed by atoms with Crippen molar-refractivity contribution < 1.29 is 0 Å². The molecule has 0 bridgehead atoms. The van der Waals surface area contributed by atoms with Crippen molar-refractivity contribution >= 4 is 44.9 Å². The highest BCUT2D eigenvalue weighted by Crippen LogP contribution is 2.62. The third kappa shape index (κ3) is 8.64. The molecular formula is C82H62N2. The third-order valence-corrected chi connectivity index (χ3v) is 18.1. The predicted molar refractivity (Wildman–Crippen MR) is 356 cm³/mol. The first kappa shape index (κ1) is 50.7. The Kier molecular flexibility index (Phi) is 12.2. The SMILES string of the molecule is CC1(C)c2ccc(-c3ccc(-c4ccccc4)cc3)cc2N2c3cc(-c4ccc(-c5ccccc5)cc4)ccc3C(C)(C)c3cc(-c4cccc5c(N(c6ccc(-c7ccccc7)cc6)c6ccc(-c7ccccc7)cc6)cccc45)cc1c32. The van der Waals surface area contributed by atoms with Crippen molar-refractivity contribution in [1.29, 1.82) is 0 Å². The van der Waals surface area contributed by atoms with Crippen LogP contribution in [0.4, 0.5) is 34.1 Å². The molecule has 0 fully saturated rings. The van der Waals surface area contributed by atoms with Crippen LogP contribution < -0.4 is 9.80 Å². The van der Waals surface area contributed by atoms with E-state index >= 15 is 0 Å². The van der Waals surface area contributed by atoms with Gasteiger partial charge in [-0.1, -0.05) is 276 Å². The highest BCUT2D eigenvalue weighted by atomic mass is 15.2. The fraction of sp³-hybridized carbons (Fsp3) is 0.0732. The molecule has 13 aromatic rings. The number of fused-ring (bicyclic) bond motifs is 5. The minimum absolute atomic E-state index is 0.357. The maximum Gasteiger partial charge on any atom is 0.0544 e. The first-order valence-corrected chi connectivity index (χ1v) is 29.4. The van der Waals surface area contributed by atoms with Gasteiger partial charge < -0.3 is 9.80 Å². The molecule has 15 rings (SSSR count). The molecule has 400 valence electrons. The van der Waals surface area contributed by atoms with E-state index in [-0.39, 0.29) is 10.8 Å². The maximum absolute atomic E-state index is 2.63. The number of benzene rings is 13. The smallest absolute Gasteiger partial charge is 0.0544 e. The summed E-state index contributed by atoms with van der Waals surface area (Å²) < 4.78 is 0. The number of anilines is 6. The van der Waals surface area contributed by atoms with Crippen LogP contribution in [0.3, 0.4) is 0 Å². The summed E-state index contributed by atoms with van der Waals surface area (Å²) in [6.07, 6.45) is 0. The summed E-state index contributed by atoms with van der Waals surface area (Å²) in [5.74, 6) is 0. The van der Waals surface area contributed by atoms with Crippen molar-refractivity contribution in [2.75, 3.05) is 9.80 Å². The Bertz CT molecular complexity index is 4330. The molecule has 2 heteroatoms. The summed E-state index contributed by atoms with van der Waals surface area (Å²) in [7, 11) is 0. The summed E-state index contributed by atoms with van der Waals surface area (Å²) >= 11 is 0. The van der Waals surface area contributed by atoms with Gasteiger partial charge in [0.2, 0.25) is 0 Å². The van der Waals surface area contributed by atoms with Crippen LogP contribution in [0.15, 0.2) is 303 Å². The highest BCUT2D eigenvalue weighted by Gasteiger charge is 2.46. The second-order valence-corrected chi connectivity index (χ2v) is 23.7. The molecule has 0 N–H and O–H groups in total. The van der Waals surface area contributed by atoms with Crippen LogP contribution >= 0.6 is 0 Å². The van der Waals surface area contributed by atoms with Crippen molar-refractivity contribution in [3.63, 3.8) is 0 Å². The van der Waals surface area contributed by atoms with E-state index in [1.807, 2.05) is 0 Å². The summed E-state index contributed by atoms with van der Waals surface area (Å²) in [6, 6.07) is 112. The van der Waals surface area contributed by atoms with Gasteiger partial charge in [0.1, 0.15) is 0 Å². The second kappa shape index (κ2) is 20.3. The number of nitrogens with zero attached hydrogens (tertiary/aromatic N) is 2. The van der Waals surface area contributed by atoms with E-state index in [0.717, 1.165) is 17.1 Å². The van der Waals surface area contributed by atoms with Crippen LogP contribution in [0.25, 0.3) is 88.7 Å². The molecule has 0 unspecified atom stereocenters. The molecule has 0 saturated heterocycles. The zero-order valence-electron chi connectivity index (χ0n) is 47.8. The van der Waals surface area contributed by atoms with Crippen molar-refractivity contribution in [2.24, 2.45) is 0 Å². The zero-order valence-corrected chi connectivity index (χ0v) is 47.8. The molecule has 0 aliphatic carbocycles. The van der Waals surface area contributed by atoms with Crippen LogP contribution in [0.5, 0.6) is 0 Å². The monoisotopic (exact) mass is 1070 g/mol. The Morgan fingerprint density at radius 2 is 0.571 bits per heavy atom. The summed E-state index contributed by atoms with van der Waals surface area (Å²) in [5, 5.41) is 2.39. The van der Waals surface area contributed by atoms with Gasteiger partial charge in [-0.3, -0.25) is 0 Å². The van der Waals surface area contributed by atoms with E-state index in [1.165, 1.54) is 128 Å². The van der Waals surface area contributed by atoms with Crippen LogP contribution in [0.2, 0.25) is 0 Å². The normalized spacial score (nSPS) is 13.4. The molecule has 0 atom stereocenters. The number of hydrogen-bond acceptors (Lipinski definition) is 2. The van der Waals surface area contributed by atoms with Crippen LogP contribution in [-0.2, 0) is 10.8 Å². The fourth-order valence-electron chi connectivity index (χ4n) is 13.5. The van der Waals surface area contributed by atoms with Gasteiger partial charge in [0.25, 0.3) is 0 Å². The predicted octanol–water partition coefficient (Wildman–Crippen LogP) is 22.7. The Balaban J connectivity index is 0.889. The summed E-state index contributed by atoms with van der Waals surface area (Å²) in [6.45, 7) is 9.76. The average Bonchev–Trinajstić information content (AvgIpc) is 0.790. The topological polar surface area (TPSA) is 6.48 Å². The molecule has 0 radical (unpaired) electrons. The quantitative estimate of drug-likeness (QED) is 0.135. The second-order valence-electron chi connectivity index (χ2n) is 23.7. The van der Waals surface area contributed by atoms with Crippen molar-refractivity contribution in [1.82, 2.24) is 0 Å². The summed E-state index contributed by atoms with van der Waals surface area (Å²) in [4.78, 5) is 5.06. The van der Waals surface area contributed by atoms with Crippen LogP contribution in [0.1, 0.15) is 49.9 Å². The van der Waals surface area contributed by atoms with E-state index in [9.17, 15) is 0 Å². The van der Waals surface area contributed by atoms with Gasteiger partial charge in [-0.2, -0.15) is 0 Å². The Morgan fingerprint density at radius 3 is 0.964 bits per heavy atom. The molecule has 2 nitrogen and oxygen atoms in total. The fourth-order valence-corrected chi connectivity index (χ4v) is 13.5. The minimum Gasteiger partial charge on any atom is -0.310 e. The lowest BCUT2D eigenvalue weighted by Crippen LogP contribution is -2.38. The molecule has 0 saturated carbocycles. The zero-order chi connectivity index (χ0) is 56.5. The Labute approximate surface area is 493 Å². The van der Waals surface area contributed by atoms with E-state index in [4.69, 9.17) is 0 Å². The highest BCUT2D eigenvalue weighted by molar-refractivity contribution is 6.07. The first-order chi connectivity index (χ1) is 41.2. The molecule has 0 amide bonds.